The van der Waals surface area contributed by atoms with Crippen molar-refractivity contribution in [3.05, 3.63) is 129 Å². The SMILES string of the molecule is CCCc1ccc(-c2cccc3c2C=C(C(C)(C)C)[CH]3[Zr+2]2([CH]3C(C(C)(C)C)=Cc4c(-c5ccc(CCC)cc5)cccc43)[CH2][CH2]2)cc1.[Cl-].[Cl-]. The van der Waals surface area contributed by atoms with Crippen LogP contribution < -0.4 is 24.8 Å². The van der Waals surface area contributed by atoms with E-state index in [9.17, 15) is 0 Å². The fraction of sp³-hybridized carbons (Fsp3) is 0.391. The van der Waals surface area contributed by atoms with E-state index in [0.717, 1.165) is 12.8 Å². The largest absolute Gasteiger partial charge is 1.00 e. The Kier molecular flexibility index (Phi) is 11.2. The molecule has 3 heteroatoms. The Labute approximate surface area is 314 Å². The molecule has 0 aromatic heterocycles. The minimum Gasteiger partial charge on any atom is -1.00 e. The molecule has 0 amide bonds. The molecule has 1 aliphatic heterocycles. The number of hydrogen-bond acceptors (Lipinski definition) is 0. The molecule has 7 rings (SSSR count). The summed E-state index contributed by atoms with van der Waals surface area (Å²) in [7, 11) is 0. The van der Waals surface area contributed by atoms with E-state index in [0.29, 0.717) is 7.25 Å². The number of hydrogen-bond donors (Lipinski definition) is 0. The van der Waals surface area contributed by atoms with Crippen molar-refractivity contribution in [1.29, 1.82) is 0 Å². The van der Waals surface area contributed by atoms with Crippen molar-refractivity contribution in [2.75, 3.05) is 0 Å². The van der Waals surface area contributed by atoms with Gasteiger partial charge in [-0.25, -0.2) is 0 Å². The van der Waals surface area contributed by atoms with E-state index in [4.69, 9.17) is 0 Å². The average Bonchev–Trinajstić information content (AvgIpc) is 3.54. The van der Waals surface area contributed by atoms with Gasteiger partial charge in [0.15, 0.2) is 0 Å². The summed E-state index contributed by atoms with van der Waals surface area (Å²) in [5.41, 5.74) is 18.4. The minimum absolute atomic E-state index is 0. The van der Waals surface area contributed by atoms with Crippen molar-refractivity contribution < 1.29 is 45.1 Å². The average molecular weight is 769 g/mol. The maximum absolute atomic E-state index is 2.90. The Morgan fingerprint density at radius 1 is 0.531 bits per heavy atom. The minimum atomic E-state index is -2.90. The molecule has 2 aliphatic carbocycles. The van der Waals surface area contributed by atoms with Gasteiger partial charge in [-0.3, -0.25) is 0 Å². The van der Waals surface area contributed by atoms with E-state index in [1.807, 2.05) is 0 Å². The monoisotopic (exact) mass is 766 g/mol. The summed E-state index contributed by atoms with van der Waals surface area (Å²) in [6, 6.07) is 33.4. The Hall–Kier alpha value is -2.18. The van der Waals surface area contributed by atoms with Crippen molar-refractivity contribution in [3.63, 3.8) is 0 Å². The van der Waals surface area contributed by atoms with Crippen LogP contribution in [0.5, 0.6) is 0 Å². The van der Waals surface area contributed by atoms with Crippen LogP contribution in [0, 0.1) is 10.8 Å². The third-order valence-corrected chi connectivity index (χ3v) is 24.2. The van der Waals surface area contributed by atoms with E-state index < -0.39 is 20.3 Å². The predicted octanol–water partition coefficient (Wildman–Crippen LogP) is 7.61. The second kappa shape index (κ2) is 14.4. The predicted molar refractivity (Wildman–Crippen MR) is 202 cm³/mol. The Bertz CT molecular complexity index is 1720. The van der Waals surface area contributed by atoms with Gasteiger partial charge in [0.2, 0.25) is 0 Å². The topological polar surface area (TPSA) is 0 Å². The van der Waals surface area contributed by atoms with Crippen LogP contribution in [0.1, 0.15) is 109 Å². The summed E-state index contributed by atoms with van der Waals surface area (Å²) in [4.78, 5) is 0. The van der Waals surface area contributed by atoms with E-state index in [1.165, 1.54) is 65.6 Å². The first kappa shape index (κ1) is 38.1. The number of benzene rings is 4. The molecule has 1 saturated heterocycles. The summed E-state index contributed by atoms with van der Waals surface area (Å²) in [5, 5.41) is 0. The molecular weight excluding hydrogens is 715 g/mol. The van der Waals surface area contributed by atoms with E-state index in [1.54, 1.807) is 22.3 Å². The summed E-state index contributed by atoms with van der Waals surface area (Å²) in [6.07, 6.45) is 10.0. The smallest absolute Gasteiger partial charge is 1.00 e. The molecule has 4 aromatic carbocycles. The molecule has 4 aromatic rings. The normalized spacial score (nSPS) is 18.2. The molecule has 256 valence electrons. The molecule has 0 radical (unpaired) electrons. The van der Waals surface area contributed by atoms with Gasteiger partial charge in [0, 0.05) is 0 Å². The Balaban J connectivity index is 0.00000234. The molecule has 0 N–H and O–H groups in total. The van der Waals surface area contributed by atoms with Gasteiger partial charge in [0.1, 0.15) is 0 Å². The number of allylic oxidation sites excluding steroid dienone is 2. The molecule has 0 nitrogen and oxygen atoms in total. The first-order valence-corrected chi connectivity index (χ1v) is 24.7. The fourth-order valence-electron chi connectivity index (χ4n) is 9.01. The number of aryl methyl sites for hydroxylation is 2. The summed E-state index contributed by atoms with van der Waals surface area (Å²) < 4.78 is 4.21. The molecule has 1 heterocycles. The molecule has 3 aliphatic rings. The van der Waals surface area contributed by atoms with E-state index in [-0.39, 0.29) is 35.6 Å². The van der Waals surface area contributed by atoms with Gasteiger partial charge in [0.05, 0.1) is 0 Å². The van der Waals surface area contributed by atoms with Gasteiger partial charge >= 0.3 is 292 Å². The Morgan fingerprint density at radius 3 is 1.20 bits per heavy atom. The zero-order valence-electron chi connectivity index (χ0n) is 30.9. The molecule has 2 atom stereocenters. The maximum atomic E-state index is 2.66. The van der Waals surface area contributed by atoms with Crippen LogP contribution in [-0.4, -0.2) is 0 Å². The van der Waals surface area contributed by atoms with E-state index in [2.05, 4.69) is 152 Å². The maximum Gasteiger partial charge on any atom is -1.00 e. The third-order valence-electron chi connectivity index (χ3n) is 11.4. The van der Waals surface area contributed by atoms with Crippen molar-refractivity contribution in [1.82, 2.24) is 0 Å². The first-order valence-electron chi connectivity index (χ1n) is 18.3. The van der Waals surface area contributed by atoms with Gasteiger partial charge in [0.25, 0.3) is 0 Å². The van der Waals surface area contributed by atoms with Crippen LogP contribution in [0.25, 0.3) is 34.4 Å². The molecule has 0 spiro atoms. The van der Waals surface area contributed by atoms with Crippen LogP contribution in [0.3, 0.4) is 0 Å². The standard InChI is InChI=1S/2C22H25.C2H4.2ClH.Zr/c2*1-5-7-16-10-12-17(13-11-16)20-9-6-8-18-14-19(15-21(18)20)22(2,3)4;1-2;;;/h2*6,8-15H,5,7H2,1-4H3;1-2H2;2*1H;/q;;;;;+2/p-2. The Morgan fingerprint density at radius 2 is 0.898 bits per heavy atom. The molecule has 2 unspecified atom stereocenters. The van der Waals surface area contributed by atoms with Crippen LogP contribution >= 0.6 is 0 Å². The summed E-state index contributed by atoms with van der Waals surface area (Å²) in [6.45, 7) is 19.4. The van der Waals surface area contributed by atoms with Crippen molar-refractivity contribution in [2.24, 2.45) is 10.8 Å². The van der Waals surface area contributed by atoms with Crippen LogP contribution in [0.2, 0.25) is 8.26 Å². The number of rotatable bonds is 8. The van der Waals surface area contributed by atoms with Gasteiger partial charge < -0.3 is 24.8 Å². The molecule has 0 bridgehead atoms. The molecule has 0 saturated carbocycles. The van der Waals surface area contributed by atoms with Gasteiger partial charge in [-0.1, -0.05) is 0 Å². The van der Waals surface area contributed by atoms with Crippen molar-refractivity contribution in [2.45, 2.75) is 96.6 Å². The van der Waals surface area contributed by atoms with Crippen LogP contribution in [0.4, 0.5) is 0 Å². The fourth-order valence-corrected chi connectivity index (χ4v) is 27.4. The van der Waals surface area contributed by atoms with Gasteiger partial charge in [-0.15, -0.1) is 0 Å². The number of fused-ring (bicyclic) bond motifs is 2. The van der Waals surface area contributed by atoms with Gasteiger partial charge in [-0.05, 0) is 0 Å². The molecule has 49 heavy (non-hydrogen) atoms. The first-order chi connectivity index (χ1) is 22.5. The molecular formula is C46H54Cl2Zr. The molecule has 1 fully saturated rings. The second-order valence-corrected chi connectivity index (χ2v) is 28.2. The summed E-state index contributed by atoms with van der Waals surface area (Å²) in [5.74, 6) is 0. The second-order valence-electron chi connectivity index (χ2n) is 16.8. The van der Waals surface area contributed by atoms with Crippen molar-refractivity contribution >= 4 is 12.2 Å². The van der Waals surface area contributed by atoms with Crippen molar-refractivity contribution in [3.8, 4) is 22.3 Å². The third kappa shape index (κ3) is 6.91. The van der Waals surface area contributed by atoms with Crippen LogP contribution in [-0.2, 0) is 33.1 Å². The summed E-state index contributed by atoms with van der Waals surface area (Å²) >= 11 is -2.90. The zero-order chi connectivity index (χ0) is 33.1. The van der Waals surface area contributed by atoms with Gasteiger partial charge in [-0.2, -0.15) is 0 Å². The van der Waals surface area contributed by atoms with E-state index >= 15 is 0 Å². The quantitative estimate of drug-likeness (QED) is 0.173. The zero-order valence-corrected chi connectivity index (χ0v) is 34.9. The number of halogens is 2. The van der Waals surface area contributed by atoms with Crippen LogP contribution in [0.15, 0.2) is 96.1 Å².